The third-order valence-electron chi connectivity index (χ3n) is 3.65. The van der Waals surface area contributed by atoms with E-state index in [0.29, 0.717) is 4.48 Å². The lowest BCUT2D eigenvalue weighted by atomic mass is 10.2. The van der Waals surface area contributed by atoms with Crippen LogP contribution in [0.25, 0.3) is 0 Å². The average Bonchev–Trinajstić information content (AvgIpc) is 2.71. The molecule has 1 aromatic carbocycles. The average molecular weight is 299 g/mol. The highest BCUT2D eigenvalue weighted by atomic mass is 79.9. The van der Waals surface area contributed by atoms with E-state index in [4.69, 9.17) is 4.74 Å². The maximum atomic E-state index is 12.2. The van der Waals surface area contributed by atoms with E-state index < -0.39 is 0 Å². The summed E-state index contributed by atoms with van der Waals surface area (Å²) in [7, 11) is 1.46. The summed E-state index contributed by atoms with van der Waals surface area (Å²) in [5.74, 6) is 0. The molecule has 92 valence electrons. The molecule has 2 rings (SSSR count). The molecule has 0 N–H and O–H groups in total. The number of methoxy groups -OCH3 is 1. The summed E-state index contributed by atoms with van der Waals surface area (Å²) in [5, 5.41) is 0. The van der Waals surface area contributed by atoms with E-state index in [1.807, 2.05) is 24.3 Å². The molecule has 17 heavy (non-hydrogen) atoms. The zero-order valence-corrected chi connectivity index (χ0v) is 11.7. The predicted molar refractivity (Wildman–Crippen MR) is 71.9 cm³/mol. The maximum Gasteiger partial charge on any atom is 0.521 e. The fourth-order valence-corrected chi connectivity index (χ4v) is 3.11. The molecule has 0 aromatic heterocycles. The first kappa shape index (κ1) is 12.6. The number of likely N-dealkylation sites (tertiary alicyclic amines) is 1. The Morgan fingerprint density at radius 2 is 2.29 bits per heavy atom. The van der Waals surface area contributed by atoms with Crippen molar-refractivity contribution in [1.29, 1.82) is 0 Å². The van der Waals surface area contributed by atoms with E-state index in [1.165, 1.54) is 7.11 Å². The lowest BCUT2D eigenvalue weighted by molar-refractivity contribution is 0.123. The lowest BCUT2D eigenvalue weighted by Crippen LogP contribution is -2.56. The Balaban J connectivity index is 2.51. The Labute approximate surface area is 110 Å². The quantitative estimate of drug-likeness (QED) is 0.739. The third kappa shape index (κ3) is 2.00. The van der Waals surface area contributed by atoms with Gasteiger partial charge in [-0.15, -0.1) is 0 Å². The zero-order chi connectivity index (χ0) is 12.5. The van der Waals surface area contributed by atoms with Gasteiger partial charge in [-0.3, -0.25) is 0 Å². The van der Waals surface area contributed by atoms with Crippen molar-refractivity contribution in [1.82, 2.24) is 4.48 Å². The van der Waals surface area contributed by atoms with E-state index in [2.05, 4.69) is 22.9 Å². The summed E-state index contributed by atoms with van der Waals surface area (Å²) >= 11 is 3.46. The second kappa shape index (κ2) is 4.78. The van der Waals surface area contributed by atoms with E-state index in [9.17, 15) is 4.79 Å². The van der Waals surface area contributed by atoms with Gasteiger partial charge in [-0.1, -0.05) is 22.0 Å². The molecule has 4 heteroatoms. The van der Waals surface area contributed by atoms with Crippen molar-refractivity contribution in [3.05, 3.63) is 28.7 Å². The fourth-order valence-electron chi connectivity index (χ4n) is 2.72. The molecular formula is C13H17BrNO2+. The SMILES string of the molecule is COC(=O)[N+]1(c2cccc(Br)c2)CCC[C@H]1C. The largest absolute Gasteiger partial charge is 0.521 e. The second-order valence-electron chi connectivity index (χ2n) is 4.53. The number of ether oxygens (including phenoxy) is 1. The summed E-state index contributed by atoms with van der Waals surface area (Å²) in [4.78, 5) is 12.2. The fraction of sp³-hybridized carbons (Fsp3) is 0.462. The van der Waals surface area contributed by atoms with Gasteiger partial charge < -0.3 is 4.74 Å². The summed E-state index contributed by atoms with van der Waals surface area (Å²) in [5.41, 5.74) is 1.01. The van der Waals surface area contributed by atoms with Crippen LogP contribution in [0, 0.1) is 0 Å². The predicted octanol–water partition coefficient (Wildman–Crippen LogP) is 3.71. The smallest absolute Gasteiger partial charge is 0.423 e. The van der Waals surface area contributed by atoms with E-state index in [-0.39, 0.29) is 12.1 Å². The van der Waals surface area contributed by atoms with Crippen LogP contribution in [-0.4, -0.2) is 25.8 Å². The first-order valence-corrected chi connectivity index (χ1v) is 6.63. The topological polar surface area (TPSA) is 26.3 Å². The molecule has 0 radical (unpaired) electrons. The summed E-state index contributed by atoms with van der Waals surface area (Å²) in [6, 6.07) is 8.23. The minimum atomic E-state index is -0.159. The molecule has 1 aliphatic rings. The molecule has 2 atom stereocenters. The Morgan fingerprint density at radius 1 is 1.53 bits per heavy atom. The van der Waals surface area contributed by atoms with Gasteiger partial charge in [0.05, 0.1) is 13.7 Å². The molecule has 0 bridgehead atoms. The van der Waals surface area contributed by atoms with Gasteiger partial charge in [-0.2, -0.15) is 9.28 Å². The number of carbonyl (C=O) groups is 1. The van der Waals surface area contributed by atoms with Crippen molar-refractivity contribution in [3.63, 3.8) is 0 Å². The third-order valence-corrected chi connectivity index (χ3v) is 4.15. The van der Waals surface area contributed by atoms with Crippen LogP contribution in [0.5, 0.6) is 0 Å². The van der Waals surface area contributed by atoms with Crippen LogP contribution in [0.1, 0.15) is 19.8 Å². The molecule has 1 heterocycles. The Bertz CT molecular complexity index is 435. The van der Waals surface area contributed by atoms with Gasteiger partial charge in [0, 0.05) is 23.4 Å². The van der Waals surface area contributed by atoms with Crippen LogP contribution in [0.2, 0.25) is 0 Å². The normalized spacial score (nSPS) is 28.1. The van der Waals surface area contributed by atoms with Crippen molar-refractivity contribution < 1.29 is 9.53 Å². The van der Waals surface area contributed by atoms with Crippen molar-refractivity contribution in [2.24, 2.45) is 0 Å². The Hall–Kier alpha value is -0.870. The zero-order valence-electron chi connectivity index (χ0n) is 10.1. The molecule has 3 nitrogen and oxygen atoms in total. The highest BCUT2D eigenvalue weighted by molar-refractivity contribution is 9.10. The minimum absolute atomic E-state index is 0.159. The number of halogens is 1. The molecule has 1 amide bonds. The van der Waals surface area contributed by atoms with E-state index in [1.54, 1.807) is 0 Å². The molecular weight excluding hydrogens is 282 g/mol. The Kier molecular flexibility index (Phi) is 3.54. The highest BCUT2D eigenvalue weighted by Gasteiger charge is 2.49. The number of benzene rings is 1. The van der Waals surface area contributed by atoms with Gasteiger partial charge in [0.25, 0.3) is 0 Å². The molecule has 1 fully saturated rings. The molecule has 1 unspecified atom stereocenters. The number of nitrogens with zero attached hydrogens (tertiary/aromatic N) is 1. The molecule has 1 aromatic rings. The number of quaternary nitrogens is 1. The first-order chi connectivity index (χ1) is 8.11. The molecule has 0 spiro atoms. The maximum absolute atomic E-state index is 12.2. The minimum Gasteiger partial charge on any atom is -0.423 e. The standard InChI is InChI=1S/C13H17BrNO2/c1-10-5-4-8-15(10,13(16)17-2)12-7-3-6-11(14)9-12/h3,6-7,9-10H,4-5,8H2,1-2H3/q+1/t10-,15?/m1/s1. The van der Waals surface area contributed by atoms with Crippen molar-refractivity contribution in [2.75, 3.05) is 13.7 Å². The van der Waals surface area contributed by atoms with Crippen LogP contribution in [0.4, 0.5) is 10.5 Å². The van der Waals surface area contributed by atoms with Gasteiger partial charge in [0.1, 0.15) is 11.7 Å². The summed E-state index contributed by atoms with van der Waals surface area (Å²) < 4.78 is 6.33. The molecule has 1 saturated heterocycles. The number of rotatable bonds is 1. The van der Waals surface area contributed by atoms with Crippen LogP contribution in [-0.2, 0) is 4.74 Å². The van der Waals surface area contributed by atoms with E-state index >= 15 is 0 Å². The number of carbonyl (C=O) groups excluding carboxylic acids is 1. The van der Waals surface area contributed by atoms with Gasteiger partial charge in [-0.25, -0.2) is 0 Å². The van der Waals surface area contributed by atoms with Crippen molar-refractivity contribution >= 4 is 27.7 Å². The van der Waals surface area contributed by atoms with Crippen molar-refractivity contribution in [3.8, 4) is 0 Å². The number of hydrogen-bond acceptors (Lipinski definition) is 2. The van der Waals surface area contributed by atoms with E-state index in [0.717, 1.165) is 29.5 Å². The van der Waals surface area contributed by atoms with Crippen LogP contribution < -0.4 is 4.48 Å². The second-order valence-corrected chi connectivity index (χ2v) is 5.45. The first-order valence-electron chi connectivity index (χ1n) is 5.83. The number of hydrogen-bond donors (Lipinski definition) is 0. The molecule has 0 aliphatic carbocycles. The van der Waals surface area contributed by atoms with Gasteiger partial charge in [0.15, 0.2) is 0 Å². The number of amides is 1. The van der Waals surface area contributed by atoms with Crippen LogP contribution >= 0.6 is 15.9 Å². The van der Waals surface area contributed by atoms with Gasteiger partial charge in [0.2, 0.25) is 0 Å². The summed E-state index contributed by atoms with van der Waals surface area (Å²) in [6.45, 7) is 2.94. The monoisotopic (exact) mass is 298 g/mol. The Morgan fingerprint density at radius 3 is 2.82 bits per heavy atom. The van der Waals surface area contributed by atoms with Gasteiger partial charge >= 0.3 is 6.09 Å². The summed E-state index contributed by atoms with van der Waals surface area (Å²) in [6.07, 6.45) is 1.96. The highest BCUT2D eigenvalue weighted by Crippen LogP contribution is 2.36. The lowest BCUT2D eigenvalue weighted by Gasteiger charge is -2.33. The van der Waals surface area contributed by atoms with Crippen LogP contribution in [0.15, 0.2) is 28.7 Å². The van der Waals surface area contributed by atoms with Crippen molar-refractivity contribution in [2.45, 2.75) is 25.8 Å². The molecule has 0 saturated carbocycles. The van der Waals surface area contributed by atoms with Crippen LogP contribution in [0.3, 0.4) is 0 Å². The molecule has 1 aliphatic heterocycles. The van der Waals surface area contributed by atoms with Gasteiger partial charge in [-0.05, 0) is 19.1 Å².